The van der Waals surface area contributed by atoms with Gasteiger partial charge in [-0.05, 0) is 76.7 Å². The summed E-state index contributed by atoms with van der Waals surface area (Å²) in [7, 11) is 0. The van der Waals surface area contributed by atoms with Gasteiger partial charge < -0.3 is 9.84 Å². The van der Waals surface area contributed by atoms with Crippen LogP contribution in [0.15, 0.2) is 36.5 Å². The summed E-state index contributed by atoms with van der Waals surface area (Å²) < 4.78 is 5.84. The van der Waals surface area contributed by atoms with Crippen LogP contribution in [0.2, 0.25) is 0 Å². The predicted octanol–water partition coefficient (Wildman–Crippen LogP) is 12.6. The molecule has 0 heterocycles. The number of allylic oxidation sites excluding steroid dienone is 5. The molecule has 0 saturated carbocycles. The lowest BCUT2D eigenvalue weighted by atomic mass is 10.1. The average Bonchev–Trinajstić information content (AvgIpc) is 2.99. The van der Waals surface area contributed by atoms with E-state index in [9.17, 15) is 9.59 Å². The van der Waals surface area contributed by atoms with Gasteiger partial charge in [0, 0.05) is 12.8 Å². The van der Waals surface area contributed by atoms with Crippen molar-refractivity contribution in [3.8, 4) is 0 Å². The van der Waals surface area contributed by atoms with Crippen LogP contribution in [-0.2, 0) is 14.3 Å². The molecule has 0 aromatic heterocycles. The van der Waals surface area contributed by atoms with Crippen LogP contribution in [0.4, 0.5) is 0 Å². The Hall–Kier alpha value is -1.84. The minimum atomic E-state index is -0.727. The third-order valence-corrected chi connectivity index (χ3v) is 8.07. The zero-order chi connectivity index (χ0) is 31.5. The maximum Gasteiger partial charge on any atom is 0.306 e. The van der Waals surface area contributed by atoms with E-state index >= 15 is 0 Å². The molecule has 1 unspecified atom stereocenters. The fourth-order valence-corrected chi connectivity index (χ4v) is 5.30. The zero-order valence-corrected chi connectivity index (χ0v) is 28.5. The van der Waals surface area contributed by atoms with Crippen LogP contribution < -0.4 is 0 Å². The van der Waals surface area contributed by atoms with Crippen molar-refractivity contribution < 1.29 is 19.4 Å². The maximum atomic E-state index is 12.5. The van der Waals surface area contributed by atoms with Crippen LogP contribution in [0.5, 0.6) is 0 Å². The molecule has 0 spiro atoms. The number of hydrogen-bond acceptors (Lipinski definition) is 3. The van der Waals surface area contributed by atoms with E-state index in [-0.39, 0.29) is 18.5 Å². The molecule has 0 aliphatic carbocycles. The highest BCUT2D eigenvalue weighted by molar-refractivity contribution is 5.69. The number of carboxylic acids is 1. The number of carbonyl (C=O) groups excluding carboxylic acids is 1. The molecule has 0 amide bonds. The van der Waals surface area contributed by atoms with Crippen molar-refractivity contribution in [2.45, 2.75) is 200 Å². The van der Waals surface area contributed by atoms with E-state index in [1.165, 1.54) is 109 Å². The molecule has 0 aromatic carbocycles. The first kappa shape index (κ1) is 41.2. The van der Waals surface area contributed by atoms with E-state index in [1.807, 2.05) is 0 Å². The lowest BCUT2D eigenvalue weighted by molar-refractivity contribution is -0.147. The Morgan fingerprint density at radius 2 is 0.977 bits per heavy atom. The largest absolute Gasteiger partial charge is 0.481 e. The summed E-state index contributed by atoms with van der Waals surface area (Å²) in [5.41, 5.74) is 0. The van der Waals surface area contributed by atoms with Gasteiger partial charge in [-0.2, -0.15) is 0 Å². The summed E-state index contributed by atoms with van der Waals surface area (Å²) in [6.45, 7) is 4.50. The maximum absolute atomic E-state index is 12.5. The van der Waals surface area contributed by atoms with Crippen molar-refractivity contribution in [2.24, 2.45) is 0 Å². The summed E-state index contributed by atoms with van der Waals surface area (Å²) in [6, 6.07) is 0. The van der Waals surface area contributed by atoms with Crippen molar-refractivity contribution in [3.63, 3.8) is 0 Å². The Labute approximate surface area is 267 Å². The summed E-state index contributed by atoms with van der Waals surface area (Å²) in [4.78, 5) is 23.2. The fourth-order valence-electron chi connectivity index (χ4n) is 5.30. The van der Waals surface area contributed by atoms with Crippen molar-refractivity contribution in [2.75, 3.05) is 0 Å². The molecule has 0 radical (unpaired) electrons. The number of esters is 1. The van der Waals surface area contributed by atoms with Crippen molar-refractivity contribution in [1.29, 1.82) is 0 Å². The fraction of sp³-hybridized carbons (Fsp3) is 0.795. The first-order valence-corrected chi connectivity index (χ1v) is 18.5. The van der Waals surface area contributed by atoms with Crippen LogP contribution in [0.1, 0.15) is 194 Å². The molecule has 0 rings (SSSR count). The minimum Gasteiger partial charge on any atom is -0.481 e. The Bertz CT molecular complexity index is 693. The molecule has 0 saturated heterocycles. The van der Waals surface area contributed by atoms with Gasteiger partial charge in [0.15, 0.2) is 0 Å². The monoisotopic (exact) mass is 603 g/mol. The molecule has 0 aliphatic heterocycles. The Morgan fingerprint density at radius 3 is 1.56 bits per heavy atom. The third-order valence-electron chi connectivity index (χ3n) is 8.07. The van der Waals surface area contributed by atoms with Gasteiger partial charge in [-0.1, -0.05) is 141 Å². The van der Waals surface area contributed by atoms with Gasteiger partial charge in [-0.15, -0.1) is 0 Å². The van der Waals surface area contributed by atoms with E-state index in [1.54, 1.807) is 0 Å². The van der Waals surface area contributed by atoms with Crippen LogP contribution in [0, 0.1) is 0 Å². The summed E-state index contributed by atoms with van der Waals surface area (Å²) in [5, 5.41) is 8.80. The Balaban J connectivity index is 3.97. The summed E-state index contributed by atoms with van der Waals surface area (Å²) in [6.07, 6.45) is 44.6. The minimum absolute atomic E-state index is 0.0843. The molecule has 250 valence electrons. The molecule has 43 heavy (non-hydrogen) atoms. The smallest absolute Gasteiger partial charge is 0.306 e. The van der Waals surface area contributed by atoms with Gasteiger partial charge in [-0.25, -0.2) is 0 Å². The van der Waals surface area contributed by atoms with Crippen LogP contribution in [-0.4, -0.2) is 23.1 Å². The zero-order valence-electron chi connectivity index (χ0n) is 28.5. The van der Waals surface area contributed by atoms with Crippen molar-refractivity contribution in [1.82, 2.24) is 0 Å². The first-order valence-electron chi connectivity index (χ1n) is 18.5. The number of ether oxygens (including phenoxy) is 1. The SMILES string of the molecule is CCCCC/C=C\C/C=C\C(CCCCCCC(=O)O)OC(=O)CCCCCCCCC/C=C\CCCCCCCCC. The molecular formula is C39H70O4. The van der Waals surface area contributed by atoms with Crippen molar-refractivity contribution in [3.05, 3.63) is 36.5 Å². The molecule has 0 fully saturated rings. The number of aliphatic carboxylic acids is 1. The second-order valence-corrected chi connectivity index (χ2v) is 12.4. The lowest BCUT2D eigenvalue weighted by Crippen LogP contribution is -2.16. The highest BCUT2D eigenvalue weighted by Crippen LogP contribution is 2.15. The highest BCUT2D eigenvalue weighted by Gasteiger charge is 2.11. The van der Waals surface area contributed by atoms with Gasteiger partial charge in [0.05, 0.1) is 0 Å². The third kappa shape index (κ3) is 34.5. The molecule has 0 aliphatic rings. The molecule has 1 N–H and O–H groups in total. The van der Waals surface area contributed by atoms with E-state index in [4.69, 9.17) is 9.84 Å². The van der Waals surface area contributed by atoms with Crippen LogP contribution >= 0.6 is 0 Å². The second-order valence-electron chi connectivity index (χ2n) is 12.4. The van der Waals surface area contributed by atoms with Gasteiger partial charge in [0.2, 0.25) is 0 Å². The van der Waals surface area contributed by atoms with Gasteiger partial charge in [0.25, 0.3) is 0 Å². The molecular weight excluding hydrogens is 532 g/mol. The Morgan fingerprint density at radius 1 is 0.535 bits per heavy atom. The number of carbonyl (C=O) groups is 2. The first-order chi connectivity index (χ1) is 21.1. The second kappa shape index (κ2) is 34.6. The molecule has 0 aromatic rings. The van der Waals surface area contributed by atoms with E-state index < -0.39 is 5.97 Å². The predicted molar refractivity (Wildman–Crippen MR) is 186 cm³/mol. The standard InChI is InChI=1S/C39H70O4/c1-3-5-7-9-11-13-14-15-16-17-18-19-20-21-22-24-26-32-36-39(42)43-37(34-30-27-28-31-35-38(40)41)33-29-25-23-12-10-8-6-4-2/h12,16-17,23,29,33,37H,3-11,13-15,18-22,24-28,30-32,34-36H2,1-2H3,(H,40,41)/b17-16-,23-12-,33-29-. The summed E-state index contributed by atoms with van der Waals surface area (Å²) >= 11 is 0. The van der Waals surface area contributed by atoms with E-state index in [0.29, 0.717) is 6.42 Å². The number of rotatable bonds is 33. The molecule has 1 atom stereocenters. The lowest BCUT2D eigenvalue weighted by Gasteiger charge is -2.14. The number of carboxylic acid groups (broad SMARTS) is 1. The topological polar surface area (TPSA) is 63.6 Å². The van der Waals surface area contributed by atoms with E-state index in [2.05, 4.69) is 50.3 Å². The van der Waals surface area contributed by atoms with Crippen LogP contribution in [0.25, 0.3) is 0 Å². The Kier molecular flexibility index (Phi) is 33.2. The van der Waals surface area contributed by atoms with Gasteiger partial charge >= 0.3 is 11.9 Å². The average molecular weight is 603 g/mol. The van der Waals surface area contributed by atoms with Gasteiger partial charge in [0.1, 0.15) is 6.10 Å². The quantitative estimate of drug-likeness (QED) is 0.0461. The van der Waals surface area contributed by atoms with Gasteiger partial charge in [-0.3, -0.25) is 9.59 Å². The van der Waals surface area contributed by atoms with E-state index in [0.717, 1.165) is 57.8 Å². The molecule has 4 heteroatoms. The molecule has 0 bridgehead atoms. The van der Waals surface area contributed by atoms with Crippen LogP contribution in [0.3, 0.4) is 0 Å². The molecule has 4 nitrogen and oxygen atoms in total. The van der Waals surface area contributed by atoms with Crippen molar-refractivity contribution >= 4 is 11.9 Å². The number of unbranched alkanes of at least 4 members (excludes halogenated alkanes) is 20. The number of hydrogen-bond donors (Lipinski definition) is 1. The normalized spacial score (nSPS) is 12.6. The summed E-state index contributed by atoms with van der Waals surface area (Å²) in [5.74, 6) is -0.812. The highest BCUT2D eigenvalue weighted by atomic mass is 16.5.